The molecule has 0 amide bonds. The van der Waals surface area contributed by atoms with E-state index in [-0.39, 0.29) is 5.54 Å². The van der Waals surface area contributed by atoms with Gasteiger partial charge in [-0.3, -0.25) is 4.90 Å². The molecule has 1 atom stereocenters. The summed E-state index contributed by atoms with van der Waals surface area (Å²) in [4.78, 5) is 5.36. The molecule has 2 N–H and O–H groups in total. The second-order valence-electron chi connectivity index (χ2n) is 6.71. The Bertz CT molecular complexity index is 429. The Balaban J connectivity index is 1.77. The Morgan fingerprint density at radius 1 is 1.38 bits per heavy atom. The summed E-state index contributed by atoms with van der Waals surface area (Å²) in [6, 6.07) is 3.06. The van der Waals surface area contributed by atoms with Gasteiger partial charge in [0.1, 0.15) is 0 Å². The number of nitrogens with two attached hydrogens (primary N) is 1. The van der Waals surface area contributed by atoms with Gasteiger partial charge in [0.2, 0.25) is 0 Å². The zero-order chi connectivity index (χ0) is 14.7. The fraction of sp³-hybridized carbons (Fsp3) is 0.765. The van der Waals surface area contributed by atoms with Crippen LogP contribution in [-0.2, 0) is 6.54 Å². The molecule has 0 aromatic carbocycles. The first kappa shape index (κ1) is 15.5. The third kappa shape index (κ3) is 3.50. The molecule has 1 aliphatic heterocycles. The van der Waals surface area contributed by atoms with Gasteiger partial charge in [0.15, 0.2) is 0 Å². The second-order valence-corrected chi connectivity index (χ2v) is 7.49. The van der Waals surface area contributed by atoms with Gasteiger partial charge in [-0.05, 0) is 74.1 Å². The molecule has 1 saturated heterocycles. The molecule has 3 rings (SSSR count). The predicted molar refractivity (Wildman–Crippen MR) is 90.6 cm³/mol. The third-order valence-electron chi connectivity index (χ3n) is 5.37. The average molecular weight is 308 g/mol. The van der Waals surface area contributed by atoms with Gasteiger partial charge in [-0.2, -0.15) is 11.3 Å². The maximum Gasteiger partial charge on any atom is 0.0350 e. The summed E-state index contributed by atoms with van der Waals surface area (Å²) in [5.41, 5.74) is 8.03. The van der Waals surface area contributed by atoms with E-state index in [1.807, 2.05) is 11.3 Å². The highest BCUT2D eigenvalue weighted by Gasteiger charge is 2.43. The number of likely N-dealkylation sites (tertiary alicyclic amines) is 1. The van der Waals surface area contributed by atoms with Gasteiger partial charge in [-0.25, -0.2) is 0 Å². The van der Waals surface area contributed by atoms with Crippen LogP contribution in [0.1, 0.15) is 44.6 Å². The predicted octanol–water partition coefficient (Wildman–Crippen LogP) is 2.92. The van der Waals surface area contributed by atoms with Crippen LogP contribution in [0.2, 0.25) is 0 Å². The highest BCUT2D eigenvalue weighted by molar-refractivity contribution is 7.07. The van der Waals surface area contributed by atoms with Gasteiger partial charge >= 0.3 is 0 Å². The lowest BCUT2D eigenvalue weighted by atomic mass is 9.87. The molecular weight excluding hydrogens is 278 g/mol. The van der Waals surface area contributed by atoms with Crippen molar-refractivity contribution >= 4 is 11.3 Å². The van der Waals surface area contributed by atoms with Gasteiger partial charge in [-0.1, -0.05) is 6.92 Å². The molecule has 1 unspecified atom stereocenters. The van der Waals surface area contributed by atoms with Gasteiger partial charge in [0.25, 0.3) is 0 Å². The minimum atomic E-state index is 0.229. The van der Waals surface area contributed by atoms with E-state index in [1.165, 1.54) is 57.3 Å². The summed E-state index contributed by atoms with van der Waals surface area (Å²) in [6.07, 6.45) is 6.52. The number of thiophene rings is 1. The summed E-state index contributed by atoms with van der Waals surface area (Å²) in [5.74, 6) is 0. The van der Waals surface area contributed by atoms with Crippen molar-refractivity contribution in [2.24, 2.45) is 5.73 Å². The molecule has 2 aliphatic rings. The Labute approximate surface area is 133 Å². The van der Waals surface area contributed by atoms with Crippen molar-refractivity contribution in [2.45, 2.75) is 57.2 Å². The molecule has 0 radical (unpaired) electrons. The lowest BCUT2D eigenvalue weighted by Gasteiger charge is -2.43. The van der Waals surface area contributed by atoms with E-state index in [1.54, 1.807) is 0 Å². The number of hydrogen-bond donors (Lipinski definition) is 1. The van der Waals surface area contributed by atoms with Crippen molar-refractivity contribution < 1.29 is 0 Å². The summed E-state index contributed by atoms with van der Waals surface area (Å²) in [7, 11) is 0. The highest BCUT2D eigenvalue weighted by atomic mass is 32.1. The van der Waals surface area contributed by atoms with Crippen LogP contribution in [0.4, 0.5) is 0 Å². The molecule has 0 spiro atoms. The normalized spacial score (nSPS) is 28.0. The Hall–Kier alpha value is -0.420. The van der Waals surface area contributed by atoms with Gasteiger partial charge in [-0.15, -0.1) is 0 Å². The smallest absolute Gasteiger partial charge is 0.0350 e. The summed E-state index contributed by atoms with van der Waals surface area (Å²) < 4.78 is 0. The van der Waals surface area contributed by atoms with Crippen LogP contribution in [0.5, 0.6) is 0 Å². The molecule has 118 valence electrons. The summed E-state index contributed by atoms with van der Waals surface area (Å²) >= 11 is 1.81. The highest BCUT2D eigenvalue weighted by Crippen LogP contribution is 2.39. The van der Waals surface area contributed by atoms with E-state index < -0.39 is 0 Å². The van der Waals surface area contributed by atoms with Crippen LogP contribution in [0.3, 0.4) is 0 Å². The number of hydrogen-bond acceptors (Lipinski definition) is 4. The first-order chi connectivity index (χ1) is 10.3. The quantitative estimate of drug-likeness (QED) is 0.877. The minimum absolute atomic E-state index is 0.229. The SMILES string of the molecule is CCN1CCCC(CN)(N(Cc2ccsc2)C2CC2)CC1. The lowest BCUT2D eigenvalue weighted by molar-refractivity contribution is 0.0615. The Morgan fingerprint density at radius 2 is 2.24 bits per heavy atom. The van der Waals surface area contributed by atoms with Gasteiger partial charge in [0.05, 0.1) is 0 Å². The molecule has 2 fully saturated rings. The average Bonchev–Trinajstić information content (AvgIpc) is 3.27. The van der Waals surface area contributed by atoms with E-state index >= 15 is 0 Å². The molecule has 21 heavy (non-hydrogen) atoms. The maximum absolute atomic E-state index is 6.33. The molecular formula is C17H29N3S. The monoisotopic (exact) mass is 307 g/mol. The van der Waals surface area contributed by atoms with Crippen molar-refractivity contribution in [1.82, 2.24) is 9.80 Å². The van der Waals surface area contributed by atoms with Crippen LogP contribution < -0.4 is 5.73 Å². The minimum Gasteiger partial charge on any atom is -0.329 e. The van der Waals surface area contributed by atoms with Gasteiger partial charge < -0.3 is 10.6 Å². The molecule has 1 aromatic heterocycles. The topological polar surface area (TPSA) is 32.5 Å². The van der Waals surface area contributed by atoms with Crippen LogP contribution >= 0.6 is 11.3 Å². The van der Waals surface area contributed by atoms with E-state index in [9.17, 15) is 0 Å². The molecule has 1 aliphatic carbocycles. The Morgan fingerprint density at radius 3 is 2.86 bits per heavy atom. The summed E-state index contributed by atoms with van der Waals surface area (Å²) in [5, 5.41) is 4.50. The molecule has 1 saturated carbocycles. The zero-order valence-electron chi connectivity index (χ0n) is 13.3. The van der Waals surface area contributed by atoms with Crippen molar-refractivity contribution in [3.8, 4) is 0 Å². The second kappa shape index (κ2) is 6.78. The van der Waals surface area contributed by atoms with Gasteiger partial charge in [0, 0.05) is 24.7 Å². The molecule has 3 nitrogen and oxygen atoms in total. The van der Waals surface area contributed by atoms with Crippen molar-refractivity contribution in [1.29, 1.82) is 0 Å². The van der Waals surface area contributed by atoms with Crippen molar-refractivity contribution in [2.75, 3.05) is 26.2 Å². The molecule has 1 aromatic rings. The largest absolute Gasteiger partial charge is 0.329 e. The fourth-order valence-electron chi connectivity index (χ4n) is 3.81. The number of nitrogens with zero attached hydrogens (tertiary/aromatic N) is 2. The first-order valence-electron chi connectivity index (χ1n) is 8.47. The molecule has 2 heterocycles. The fourth-order valence-corrected chi connectivity index (χ4v) is 4.47. The van der Waals surface area contributed by atoms with E-state index in [0.717, 1.165) is 19.1 Å². The molecule has 4 heteroatoms. The van der Waals surface area contributed by atoms with Crippen molar-refractivity contribution in [3.63, 3.8) is 0 Å². The van der Waals surface area contributed by atoms with E-state index in [4.69, 9.17) is 5.73 Å². The van der Waals surface area contributed by atoms with Crippen molar-refractivity contribution in [3.05, 3.63) is 22.4 Å². The van der Waals surface area contributed by atoms with E-state index in [2.05, 4.69) is 33.6 Å². The van der Waals surface area contributed by atoms with Crippen LogP contribution in [-0.4, -0.2) is 47.6 Å². The molecule has 0 bridgehead atoms. The van der Waals surface area contributed by atoms with Crippen LogP contribution in [0.15, 0.2) is 16.8 Å². The lowest BCUT2D eigenvalue weighted by Crippen LogP contribution is -2.55. The van der Waals surface area contributed by atoms with Crippen LogP contribution in [0.25, 0.3) is 0 Å². The van der Waals surface area contributed by atoms with E-state index in [0.29, 0.717) is 0 Å². The Kier molecular flexibility index (Phi) is 4.99. The first-order valence-corrected chi connectivity index (χ1v) is 9.42. The standard InChI is InChI=1S/C17H29N3S/c1-2-19-9-3-7-17(14-18,8-10-19)20(16-4-5-16)12-15-6-11-21-13-15/h6,11,13,16H,2-5,7-10,12,14,18H2,1H3. The van der Waals surface area contributed by atoms with Crippen LogP contribution in [0, 0.1) is 0 Å². The zero-order valence-corrected chi connectivity index (χ0v) is 14.1. The number of rotatable bonds is 6. The summed E-state index contributed by atoms with van der Waals surface area (Å²) in [6.45, 7) is 7.81. The maximum atomic E-state index is 6.33. The third-order valence-corrected chi connectivity index (χ3v) is 6.10.